The van der Waals surface area contributed by atoms with E-state index in [-0.39, 0.29) is 6.03 Å². The number of pyridine rings is 2. The lowest BCUT2D eigenvalue weighted by molar-refractivity contribution is 0.206. The summed E-state index contributed by atoms with van der Waals surface area (Å²) < 4.78 is 0. The molecular formula is C19H16Cl2N4O. The average molecular weight is 387 g/mol. The average Bonchev–Trinajstić information content (AvgIpc) is 2.62. The third kappa shape index (κ3) is 5.18. The molecule has 0 fully saturated rings. The zero-order chi connectivity index (χ0) is 18.4. The van der Waals surface area contributed by atoms with Crippen molar-refractivity contribution in [3.63, 3.8) is 0 Å². The fourth-order valence-electron chi connectivity index (χ4n) is 2.45. The SMILES string of the molecule is O=C(Nc1cc(Cl)cc(Cl)c1)N(Cc1ccncc1)Cc1cccnc1. The first-order chi connectivity index (χ1) is 12.6. The molecule has 0 spiro atoms. The van der Waals surface area contributed by atoms with E-state index >= 15 is 0 Å². The molecule has 0 unspecified atom stereocenters. The highest BCUT2D eigenvalue weighted by Crippen LogP contribution is 2.23. The topological polar surface area (TPSA) is 58.1 Å². The number of carbonyl (C=O) groups excluding carboxylic acids is 1. The molecule has 0 saturated heterocycles. The summed E-state index contributed by atoms with van der Waals surface area (Å²) in [6.45, 7) is 0.841. The van der Waals surface area contributed by atoms with E-state index in [1.54, 1.807) is 47.9 Å². The second-order valence-electron chi connectivity index (χ2n) is 5.66. The Labute approximate surface area is 161 Å². The van der Waals surface area contributed by atoms with E-state index in [2.05, 4.69) is 15.3 Å². The minimum absolute atomic E-state index is 0.260. The van der Waals surface area contributed by atoms with Gasteiger partial charge in [-0.15, -0.1) is 0 Å². The van der Waals surface area contributed by atoms with Crippen molar-refractivity contribution < 1.29 is 4.79 Å². The van der Waals surface area contributed by atoms with Crippen molar-refractivity contribution in [2.75, 3.05) is 5.32 Å². The van der Waals surface area contributed by atoms with Gasteiger partial charge in [0.05, 0.1) is 0 Å². The van der Waals surface area contributed by atoms with Crippen molar-refractivity contribution in [2.24, 2.45) is 0 Å². The van der Waals surface area contributed by atoms with Crippen LogP contribution in [0.2, 0.25) is 10.0 Å². The van der Waals surface area contributed by atoms with Crippen LogP contribution in [0.3, 0.4) is 0 Å². The van der Waals surface area contributed by atoms with Gasteiger partial charge >= 0.3 is 6.03 Å². The van der Waals surface area contributed by atoms with Gasteiger partial charge in [0.2, 0.25) is 0 Å². The van der Waals surface area contributed by atoms with Gasteiger partial charge in [-0.1, -0.05) is 29.3 Å². The summed E-state index contributed by atoms with van der Waals surface area (Å²) in [4.78, 5) is 22.6. The van der Waals surface area contributed by atoms with Crippen molar-refractivity contribution in [1.82, 2.24) is 14.9 Å². The van der Waals surface area contributed by atoms with Crippen molar-refractivity contribution in [1.29, 1.82) is 0 Å². The number of hydrogen-bond donors (Lipinski definition) is 1. The number of aromatic nitrogens is 2. The quantitative estimate of drug-likeness (QED) is 0.669. The molecule has 5 nitrogen and oxygen atoms in total. The molecule has 1 aromatic carbocycles. The number of nitrogens with zero attached hydrogens (tertiary/aromatic N) is 3. The number of halogens is 2. The molecule has 0 atom stereocenters. The Hall–Kier alpha value is -2.63. The van der Waals surface area contributed by atoms with Gasteiger partial charge in [0.25, 0.3) is 0 Å². The van der Waals surface area contributed by atoms with Gasteiger partial charge in [0.1, 0.15) is 0 Å². The van der Waals surface area contributed by atoms with Crippen molar-refractivity contribution in [3.8, 4) is 0 Å². The lowest BCUT2D eigenvalue weighted by Crippen LogP contribution is -2.34. The number of urea groups is 1. The Morgan fingerprint density at radius 2 is 1.62 bits per heavy atom. The minimum atomic E-state index is -0.260. The van der Waals surface area contributed by atoms with Crippen LogP contribution in [0.5, 0.6) is 0 Å². The molecule has 3 aromatic rings. The van der Waals surface area contributed by atoms with Crippen LogP contribution in [0.15, 0.2) is 67.3 Å². The molecular weight excluding hydrogens is 371 g/mol. The van der Waals surface area contributed by atoms with E-state index in [0.717, 1.165) is 11.1 Å². The zero-order valence-electron chi connectivity index (χ0n) is 13.8. The monoisotopic (exact) mass is 386 g/mol. The van der Waals surface area contributed by atoms with Crippen molar-refractivity contribution in [3.05, 3.63) is 88.4 Å². The second-order valence-corrected chi connectivity index (χ2v) is 6.53. The molecule has 0 saturated carbocycles. The molecule has 2 amide bonds. The fraction of sp³-hybridized carbons (Fsp3) is 0.105. The van der Waals surface area contributed by atoms with E-state index in [1.165, 1.54) is 0 Å². The van der Waals surface area contributed by atoms with E-state index < -0.39 is 0 Å². The highest BCUT2D eigenvalue weighted by Gasteiger charge is 2.15. The fourth-order valence-corrected chi connectivity index (χ4v) is 2.97. The van der Waals surface area contributed by atoms with Gasteiger partial charge in [-0.2, -0.15) is 0 Å². The maximum absolute atomic E-state index is 12.8. The van der Waals surface area contributed by atoms with E-state index in [9.17, 15) is 4.79 Å². The molecule has 0 aliphatic heterocycles. The molecule has 1 N–H and O–H groups in total. The highest BCUT2D eigenvalue weighted by atomic mass is 35.5. The van der Waals surface area contributed by atoms with E-state index in [0.29, 0.717) is 28.8 Å². The van der Waals surface area contributed by atoms with Crippen LogP contribution >= 0.6 is 23.2 Å². The molecule has 2 aromatic heterocycles. The molecule has 132 valence electrons. The predicted molar refractivity (Wildman–Crippen MR) is 103 cm³/mol. The smallest absolute Gasteiger partial charge is 0.316 e. The number of benzene rings is 1. The highest BCUT2D eigenvalue weighted by molar-refractivity contribution is 6.35. The Morgan fingerprint density at radius 3 is 2.27 bits per heavy atom. The van der Waals surface area contributed by atoms with Crippen LogP contribution in [0, 0.1) is 0 Å². The maximum Gasteiger partial charge on any atom is 0.322 e. The summed E-state index contributed by atoms with van der Waals surface area (Å²) >= 11 is 12.0. The number of nitrogens with one attached hydrogen (secondary N) is 1. The van der Waals surface area contributed by atoms with Crippen LogP contribution < -0.4 is 5.32 Å². The first-order valence-electron chi connectivity index (χ1n) is 7.90. The van der Waals surface area contributed by atoms with Gasteiger partial charge in [0.15, 0.2) is 0 Å². The number of hydrogen-bond acceptors (Lipinski definition) is 3. The summed E-state index contributed by atoms with van der Waals surface area (Å²) in [6, 6.07) is 12.2. The molecule has 26 heavy (non-hydrogen) atoms. The Balaban J connectivity index is 1.80. The summed E-state index contributed by atoms with van der Waals surface area (Å²) in [7, 11) is 0. The third-order valence-corrected chi connectivity index (χ3v) is 4.06. The van der Waals surface area contributed by atoms with E-state index in [1.807, 2.05) is 24.3 Å². The number of rotatable bonds is 5. The predicted octanol–water partition coefficient (Wildman–Crippen LogP) is 5.02. The van der Waals surface area contributed by atoms with Crippen molar-refractivity contribution >= 4 is 34.9 Å². The molecule has 7 heteroatoms. The number of carbonyl (C=O) groups is 1. The molecule has 2 heterocycles. The second kappa shape index (κ2) is 8.65. The van der Waals surface area contributed by atoms with Crippen LogP contribution in [0.25, 0.3) is 0 Å². The first-order valence-corrected chi connectivity index (χ1v) is 8.65. The van der Waals surface area contributed by atoms with Crippen LogP contribution in [0.1, 0.15) is 11.1 Å². The molecule has 0 aliphatic carbocycles. The normalized spacial score (nSPS) is 10.4. The lowest BCUT2D eigenvalue weighted by Gasteiger charge is -2.23. The largest absolute Gasteiger partial charge is 0.322 e. The standard InChI is InChI=1S/C19H16Cl2N4O/c20-16-8-17(21)10-18(9-16)24-19(26)25(12-14-3-6-22-7-4-14)13-15-2-1-5-23-11-15/h1-11H,12-13H2,(H,24,26). The van der Waals surface area contributed by atoms with Gasteiger partial charge in [-0.25, -0.2) is 4.79 Å². The first kappa shape index (κ1) is 18.2. The van der Waals surface area contributed by atoms with E-state index in [4.69, 9.17) is 23.2 Å². The zero-order valence-corrected chi connectivity index (χ0v) is 15.3. The van der Waals surface area contributed by atoms with Crippen molar-refractivity contribution in [2.45, 2.75) is 13.1 Å². The Morgan fingerprint density at radius 1 is 0.923 bits per heavy atom. The van der Waals surface area contributed by atoms with Gasteiger partial charge < -0.3 is 10.2 Å². The molecule has 3 rings (SSSR count). The summed E-state index contributed by atoms with van der Waals surface area (Å²) in [5.41, 5.74) is 2.45. The Bertz CT molecular complexity index is 813. The summed E-state index contributed by atoms with van der Waals surface area (Å²) in [5.74, 6) is 0. The van der Waals surface area contributed by atoms with Gasteiger partial charge in [-0.3, -0.25) is 9.97 Å². The van der Waals surface area contributed by atoms with Gasteiger partial charge in [-0.05, 0) is 47.5 Å². The number of anilines is 1. The van der Waals surface area contributed by atoms with Crippen LogP contribution in [-0.4, -0.2) is 20.9 Å². The maximum atomic E-state index is 12.8. The summed E-state index contributed by atoms with van der Waals surface area (Å²) in [5, 5.41) is 3.76. The molecule has 0 aliphatic rings. The van der Waals surface area contributed by atoms with Gasteiger partial charge in [0, 0.05) is 53.6 Å². The molecule has 0 bridgehead atoms. The molecule has 0 radical (unpaired) electrons. The minimum Gasteiger partial charge on any atom is -0.316 e. The number of amides is 2. The third-order valence-electron chi connectivity index (χ3n) is 3.62. The van der Waals surface area contributed by atoms with Crippen LogP contribution in [0.4, 0.5) is 10.5 Å². The summed E-state index contributed by atoms with van der Waals surface area (Å²) in [6.07, 6.45) is 6.84. The Kier molecular flexibility index (Phi) is 6.04. The lowest BCUT2D eigenvalue weighted by atomic mass is 10.2. The van der Waals surface area contributed by atoms with Crippen LogP contribution in [-0.2, 0) is 13.1 Å².